The Hall–Kier alpha value is 0.196. The molecule has 6 nitrogen and oxygen atoms in total. The first-order valence-corrected chi connectivity index (χ1v) is 7.81. The minimum absolute atomic E-state index is 0. The number of carboxylic acid groups (broad SMARTS) is 1. The molecule has 110 valence electrons. The summed E-state index contributed by atoms with van der Waals surface area (Å²) in [5.41, 5.74) is 0.773. The zero-order chi connectivity index (χ0) is 14.6. The fourth-order valence-corrected chi connectivity index (χ4v) is 3.42. The quantitative estimate of drug-likeness (QED) is 0.518. The van der Waals surface area contributed by atoms with Crippen LogP contribution in [-0.2, 0) is 26.0 Å². The maximum atomic E-state index is 12.3. The fourth-order valence-electron chi connectivity index (χ4n) is 2.01. The molecule has 1 fully saturated rings. The molecule has 0 atom stereocenters. The Labute approximate surface area is 166 Å². The van der Waals surface area contributed by atoms with E-state index in [0.717, 1.165) is 5.56 Å². The van der Waals surface area contributed by atoms with Gasteiger partial charge in [-0.25, -0.2) is 8.42 Å². The van der Waals surface area contributed by atoms with Crippen molar-refractivity contribution in [1.29, 1.82) is 0 Å². The van der Waals surface area contributed by atoms with Crippen molar-refractivity contribution in [2.75, 3.05) is 26.3 Å². The van der Waals surface area contributed by atoms with Crippen LogP contribution in [0.15, 0.2) is 29.2 Å². The van der Waals surface area contributed by atoms with E-state index >= 15 is 0 Å². The summed E-state index contributed by atoms with van der Waals surface area (Å²) in [7, 11) is -3.49. The minimum Gasteiger partial charge on any atom is -0.550 e. The first-order valence-electron chi connectivity index (χ1n) is 6.37. The van der Waals surface area contributed by atoms with Crippen molar-refractivity contribution in [1.82, 2.24) is 4.31 Å². The van der Waals surface area contributed by atoms with Crippen LogP contribution in [0, 0.1) is 0 Å². The number of carboxylic acids is 1. The second kappa shape index (κ2) is 8.73. The van der Waals surface area contributed by atoms with Gasteiger partial charge in [0.2, 0.25) is 10.0 Å². The second-order valence-electron chi connectivity index (χ2n) is 4.53. The van der Waals surface area contributed by atoms with Crippen molar-refractivity contribution in [2.45, 2.75) is 17.7 Å². The molecule has 0 bridgehead atoms. The molecule has 1 aliphatic heterocycles. The van der Waals surface area contributed by atoms with Gasteiger partial charge in [0.25, 0.3) is 0 Å². The summed E-state index contributed by atoms with van der Waals surface area (Å²) in [4.78, 5) is 10.6. The molecule has 1 heterocycles. The van der Waals surface area contributed by atoms with Gasteiger partial charge in [0.1, 0.15) is 0 Å². The van der Waals surface area contributed by atoms with Gasteiger partial charge in [-0.3, -0.25) is 0 Å². The average molecular weight is 337 g/mol. The summed E-state index contributed by atoms with van der Waals surface area (Å²) in [5, 5.41) is 10.4. The zero-order valence-corrected chi connectivity index (χ0v) is 15.9. The topological polar surface area (TPSA) is 86.7 Å². The summed E-state index contributed by atoms with van der Waals surface area (Å²) >= 11 is 0. The van der Waals surface area contributed by atoms with Gasteiger partial charge in [-0.2, -0.15) is 4.31 Å². The molecule has 0 amide bonds. The summed E-state index contributed by atoms with van der Waals surface area (Å²) in [6.45, 7) is 1.52. The molecule has 0 radical (unpaired) electrons. The van der Waals surface area contributed by atoms with E-state index in [-0.39, 0.29) is 62.7 Å². The van der Waals surface area contributed by atoms with Crippen LogP contribution in [0.3, 0.4) is 0 Å². The SMILES string of the molecule is O=C([O-])CCc1ccc(S(=O)(=O)N2CCOCC2)cc1.[K+]. The molecule has 0 aliphatic carbocycles. The Morgan fingerprint density at radius 3 is 2.29 bits per heavy atom. The number of hydrogen-bond acceptors (Lipinski definition) is 5. The van der Waals surface area contributed by atoms with Crippen LogP contribution in [0.1, 0.15) is 12.0 Å². The monoisotopic (exact) mass is 337 g/mol. The number of hydrogen-bond donors (Lipinski definition) is 0. The summed E-state index contributed by atoms with van der Waals surface area (Å²) in [6, 6.07) is 6.29. The average Bonchev–Trinajstić information content (AvgIpc) is 2.46. The third-order valence-electron chi connectivity index (χ3n) is 3.15. The van der Waals surface area contributed by atoms with Crippen LogP contribution in [0.25, 0.3) is 0 Å². The maximum absolute atomic E-state index is 12.3. The van der Waals surface area contributed by atoms with Crippen LogP contribution in [-0.4, -0.2) is 45.0 Å². The van der Waals surface area contributed by atoms with E-state index < -0.39 is 16.0 Å². The number of aryl methyl sites for hydroxylation is 1. The predicted molar refractivity (Wildman–Crippen MR) is 69.3 cm³/mol. The van der Waals surface area contributed by atoms with Crippen molar-refractivity contribution < 1.29 is 74.4 Å². The third kappa shape index (κ3) is 5.40. The number of sulfonamides is 1. The van der Waals surface area contributed by atoms with Gasteiger partial charge in [-0.15, -0.1) is 0 Å². The van der Waals surface area contributed by atoms with E-state index in [9.17, 15) is 18.3 Å². The van der Waals surface area contributed by atoms with Crippen molar-refractivity contribution in [3.63, 3.8) is 0 Å². The summed E-state index contributed by atoms with van der Waals surface area (Å²) < 4.78 is 31.2. The van der Waals surface area contributed by atoms with Gasteiger partial charge < -0.3 is 14.6 Å². The number of ether oxygens (including phenoxy) is 1. The number of nitrogens with zero attached hydrogens (tertiary/aromatic N) is 1. The van der Waals surface area contributed by atoms with Gasteiger partial charge in [0, 0.05) is 19.1 Å². The number of carbonyl (C=O) groups excluding carboxylic acids is 1. The molecule has 2 rings (SSSR count). The number of morpholine rings is 1. The van der Waals surface area contributed by atoms with Crippen LogP contribution >= 0.6 is 0 Å². The van der Waals surface area contributed by atoms with Crippen LogP contribution < -0.4 is 56.5 Å². The van der Waals surface area contributed by atoms with Crippen LogP contribution in [0.4, 0.5) is 0 Å². The molecule has 0 N–H and O–H groups in total. The van der Waals surface area contributed by atoms with Gasteiger partial charge in [-0.05, 0) is 30.5 Å². The van der Waals surface area contributed by atoms with Crippen molar-refractivity contribution in [2.24, 2.45) is 0 Å². The van der Waals surface area contributed by atoms with Gasteiger partial charge in [0.15, 0.2) is 0 Å². The Kier molecular flexibility index (Phi) is 8.00. The minimum atomic E-state index is -3.49. The molecule has 21 heavy (non-hydrogen) atoms. The molecule has 0 spiro atoms. The molecule has 0 unspecified atom stereocenters. The fraction of sp³-hybridized carbons (Fsp3) is 0.462. The van der Waals surface area contributed by atoms with Crippen LogP contribution in [0.2, 0.25) is 0 Å². The molecular weight excluding hydrogens is 321 g/mol. The van der Waals surface area contributed by atoms with E-state index in [4.69, 9.17) is 4.74 Å². The smallest absolute Gasteiger partial charge is 0.550 e. The molecule has 1 aromatic carbocycles. The second-order valence-corrected chi connectivity index (χ2v) is 6.47. The van der Waals surface area contributed by atoms with E-state index in [0.29, 0.717) is 32.7 Å². The van der Waals surface area contributed by atoms with Crippen molar-refractivity contribution >= 4 is 16.0 Å². The van der Waals surface area contributed by atoms with E-state index in [1.807, 2.05) is 0 Å². The first kappa shape index (κ1) is 19.2. The Bertz CT molecular complexity index is 567. The molecule has 0 saturated carbocycles. The molecular formula is C13H16KNO5S. The number of benzene rings is 1. The van der Waals surface area contributed by atoms with Crippen LogP contribution in [0.5, 0.6) is 0 Å². The molecule has 0 aromatic heterocycles. The van der Waals surface area contributed by atoms with E-state index in [1.165, 1.54) is 16.4 Å². The van der Waals surface area contributed by atoms with Gasteiger partial charge in [0.05, 0.1) is 18.1 Å². The number of carbonyl (C=O) groups is 1. The number of rotatable bonds is 5. The third-order valence-corrected chi connectivity index (χ3v) is 5.06. The Morgan fingerprint density at radius 2 is 1.76 bits per heavy atom. The molecule has 1 aromatic rings. The standard InChI is InChI=1S/C13H17NO5S.K/c15-13(16)6-3-11-1-4-12(5-2-11)20(17,18)14-7-9-19-10-8-14;/h1-2,4-5H,3,6-10H2,(H,15,16);/q;+1/p-1. The molecule has 1 saturated heterocycles. The van der Waals surface area contributed by atoms with Crippen molar-refractivity contribution in [3.05, 3.63) is 29.8 Å². The van der Waals surface area contributed by atoms with Crippen molar-refractivity contribution in [3.8, 4) is 0 Å². The Balaban J connectivity index is 0.00000220. The summed E-state index contributed by atoms with van der Waals surface area (Å²) in [5.74, 6) is -1.12. The number of aliphatic carboxylic acids is 1. The first-order chi connectivity index (χ1) is 9.50. The van der Waals surface area contributed by atoms with Gasteiger partial charge in [-0.1, -0.05) is 12.1 Å². The largest absolute Gasteiger partial charge is 1.00 e. The summed E-state index contributed by atoms with van der Waals surface area (Å²) in [6.07, 6.45) is 0.260. The predicted octanol–water partition coefficient (Wildman–Crippen LogP) is -3.61. The van der Waals surface area contributed by atoms with E-state index in [2.05, 4.69) is 0 Å². The maximum Gasteiger partial charge on any atom is 1.00 e. The van der Waals surface area contributed by atoms with E-state index in [1.54, 1.807) is 12.1 Å². The molecule has 1 aliphatic rings. The Morgan fingerprint density at radius 1 is 1.19 bits per heavy atom. The normalized spacial score (nSPS) is 16.2. The van der Waals surface area contributed by atoms with Gasteiger partial charge >= 0.3 is 51.4 Å². The zero-order valence-electron chi connectivity index (χ0n) is 11.9. The molecule has 8 heteroatoms.